The monoisotopic (exact) mass is 205 g/mol. The highest BCUT2D eigenvalue weighted by atomic mass is 32.1. The number of carbonyl (C=O) groups excluding carboxylic acids is 1. The topological polar surface area (TPSA) is 29.5 Å². The maximum atomic E-state index is 11.3. The molecular weight excluding hydrogens is 186 g/mol. The molecule has 0 fully saturated rings. The zero-order chi connectivity index (χ0) is 10.3. The van der Waals surface area contributed by atoms with Crippen molar-refractivity contribution >= 4 is 18.5 Å². The highest BCUT2D eigenvalue weighted by Gasteiger charge is 2.12. The van der Waals surface area contributed by atoms with Crippen molar-refractivity contribution in [2.24, 2.45) is 5.92 Å². The van der Waals surface area contributed by atoms with Crippen molar-refractivity contribution in [2.45, 2.75) is 13.8 Å². The first-order chi connectivity index (χ1) is 6.11. The zero-order valence-corrected chi connectivity index (χ0v) is 9.51. The first-order valence-electron chi connectivity index (χ1n) is 4.49. The predicted molar refractivity (Wildman–Crippen MR) is 57.1 cm³/mol. The minimum atomic E-state index is 0.0779. The third-order valence-electron chi connectivity index (χ3n) is 1.64. The van der Waals surface area contributed by atoms with Crippen LogP contribution in [0.15, 0.2) is 0 Å². The van der Waals surface area contributed by atoms with Gasteiger partial charge in [0.2, 0.25) is 5.91 Å². The Morgan fingerprint density at radius 2 is 2.15 bits per heavy atom. The summed E-state index contributed by atoms with van der Waals surface area (Å²) in [5.41, 5.74) is 0. The highest BCUT2D eigenvalue weighted by molar-refractivity contribution is 7.81. The van der Waals surface area contributed by atoms with Crippen LogP contribution < -0.4 is 0 Å². The van der Waals surface area contributed by atoms with E-state index >= 15 is 0 Å². The lowest BCUT2D eigenvalue weighted by Crippen LogP contribution is -2.37. The summed E-state index contributed by atoms with van der Waals surface area (Å²) in [5.74, 6) is 0.839. The average molecular weight is 205 g/mol. The normalized spacial score (nSPS) is 10.5. The van der Waals surface area contributed by atoms with Gasteiger partial charge in [0.25, 0.3) is 0 Å². The molecule has 1 amide bonds. The number of carbonyl (C=O) groups is 1. The maximum absolute atomic E-state index is 11.3. The first kappa shape index (κ1) is 12.8. The van der Waals surface area contributed by atoms with E-state index in [-0.39, 0.29) is 11.7 Å². The number of amides is 1. The molecule has 0 aliphatic heterocycles. The summed E-state index contributed by atoms with van der Waals surface area (Å²) in [6, 6.07) is 0. The number of hydrogen-bond acceptors (Lipinski definition) is 3. The van der Waals surface area contributed by atoms with Crippen molar-refractivity contribution < 1.29 is 9.53 Å². The fourth-order valence-electron chi connectivity index (χ4n) is 1.06. The van der Waals surface area contributed by atoms with Crippen LogP contribution in [0.4, 0.5) is 0 Å². The van der Waals surface area contributed by atoms with Gasteiger partial charge in [0.1, 0.15) is 0 Å². The summed E-state index contributed by atoms with van der Waals surface area (Å²) in [4.78, 5) is 13.1. The smallest absolute Gasteiger partial charge is 0.232 e. The molecule has 0 rings (SSSR count). The molecule has 13 heavy (non-hydrogen) atoms. The molecule has 0 aromatic rings. The van der Waals surface area contributed by atoms with Crippen LogP contribution in [-0.4, -0.2) is 43.4 Å². The number of thiol groups is 1. The minimum Gasteiger partial charge on any atom is -0.383 e. The molecule has 0 bridgehead atoms. The first-order valence-corrected chi connectivity index (χ1v) is 5.12. The molecule has 3 nitrogen and oxygen atoms in total. The Morgan fingerprint density at radius 3 is 2.54 bits per heavy atom. The lowest BCUT2D eigenvalue weighted by molar-refractivity contribution is -0.129. The zero-order valence-electron chi connectivity index (χ0n) is 8.62. The van der Waals surface area contributed by atoms with E-state index in [0.717, 1.165) is 6.54 Å². The second-order valence-corrected chi connectivity index (χ2v) is 3.70. The van der Waals surface area contributed by atoms with Crippen LogP contribution in [0.1, 0.15) is 13.8 Å². The molecule has 0 atom stereocenters. The van der Waals surface area contributed by atoms with Gasteiger partial charge in [-0.15, -0.1) is 0 Å². The van der Waals surface area contributed by atoms with Gasteiger partial charge < -0.3 is 9.64 Å². The highest BCUT2D eigenvalue weighted by Crippen LogP contribution is 2.00. The number of rotatable bonds is 6. The summed E-state index contributed by atoms with van der Waals surface area (Å²) in [6.45, 7) is 6.21. The van der Waals surface area contributed by atoms with Gasteiger partial charge in [0.05, 0.1) is 12.4 Å². The van der Waals surface area contributed by atoms with Crippen LogP contribution in [0, 0.1) is 5.92 Å². The summed E-state index contributed by atoms with van der Waals surface area (Å²) < 4.78 is 4.93. The van der Waals surface area contributed by atoms with Gasteiger partial charge in [-0.05, 0) is 5.92 Å². The molecule has 4 heteroatoms. The molecule has 0 saturated heterocycles. The molecule has 0 spiro atoms. The Morgan fingerprint density at radius 1 is 1.54 bits per heavy atom. The van der Waals surface area contributed by atoms with E-state index in [1.807, 2.05) is 0 Å². The van der Waals surface area contributed by atoms with Gasteiger partial charge in [-0.25, -0.2) is 0 Å². The molecule has 0 aromatic carbocycles. The van der Waals surface area contributed by atoms with Crippen LogP contribution in [0.3, 0.4) is 0 Å². The molecule has 0 aromatic heterocycles. The van der Waals surface area contributed by atoms with Crippen molar-refractivity contribution in [1.29, 1.82) is 0 Å². The largest absolute Gasteiger partial charge is 0.383 e. The molecule has 0 saturated carbocycles. The minimum absolute atomic E-state index is 0.0779. The van der Waals surface area contributed by atoms with Crippen LogP contribution >= 0.6 is 12.6 Å². The Hall–Kier alpha value is -0.220. The third-order valence-corrected chi connectivity index (χ3v) is 1.91. The fourth-order valence-corrected chi connectivity index (χ4v) is 1.26. The summed E-state index contributed by atoms with van der Waals surface area (Å²) in [6.07, 6.45) is 0. The van der Waals surface area contributed by atoms with Crippen molar-refractivity contribution in [3.8, 4) is 0 Å². The SMILES string of the molecule is COCCN(CC(C)C)C(=O)CS. The fraction of sp³-hybridized carbons (Fsp3) is 0.889. The maximum Gasteiger partial charge on any atom is 0.232 e. The van der Waals surface area contributed by atoms with Gasteiger partial charge >= 0.3 is 0 Å². The van der Waals surface area contributed by atoms with E-state index in [4.69, 9.17) is 4.74 Å². The lowest BCUT2D eigenvalue weighted by atomic mass is 10.2. The van der Waals surface area contributed by atoms with Crippen LogP contribution in [0.25, 0.3) is 0 Å². The van der Waals surface area contributed by atoms with Gasteiger partial charge in [-0.1, -0.05) is 13.8 Å². The summed E-state index contributed by atoms with van der Waals surface area (Å²) in [7, 11) is 1.64. The molecule has 0 unspecified atom stereocenters. The van der Waals surface area contributed by atoms with E-state index < -0.39 is 0 Å². The van der Waals surface area contributed by atoms with Crippen molar-refractivity contribution in [2.75, 3.05) is 32.6 Å². The summed E-state index contributed by atoms with van der Waals surface area (Å²) >= 11 is 3.97. The quantitative estimate of drug-likeness (QED) is 0.657. The molecular formula is C9H19NO2S. The molecule has 0 heterocycles. The van der Waals surface area contributed by atoms with E-state index in [1.165, 1.54) is 0 Å². The van der Waals surface area contributed by atoms with Crippen molar-refractivity contribution in [3.63, 3.8) is 0 Å². The number of methoxy groups -OCH3 is 1. The van der Waals surface area contributed by atoms with Gasteiger partial charge in [-0.3, -0.25) is 4.79 Å². The van der Waals surface area contributed by atoms with E-state index in [9.17, 15) is 4.79 Å². The second kappa shape index (κ2) is 7.21. The van der Waals surface area contributed by atoms with Gasteiger partial charge in [-0.2, -0.15) is 12.6 Å². The Labute approximate surface area is 85.8 Å². The second-order valence-electron chi connectivity index (χ2n) is 3.38. The number of nitrogens with zero attached hydrogens (tertiary/aromatic N) is 1. The van der Waals surface area contributed by atoms with Crippen LogP contribution in [-0.2, 0) is 9.53 Å². The Kier molecular flexibility index (Phi) is 7.09. The molecule has 0 aliphatic rings. The third kappa shape index (κ3) is 5.93. The molecule has 0 aliphatic carbocycles. The molecule has 0 radical (unpaired) electrons. The Balaban J connectivity index is 3.94. The van der Waals surface area contributed by atoms with Gasteiger partial charge in [0, 0.05) is 20.2 Å². The van der Waals surface area contributed by atoms with Crippen molar-refractivity contribution in [1.82, 2.24) is 4.90 Å². The Bertz CT molecular complexity index is 151. The predicted octanol–water partition coefficient (Wildman–Crippen LogP) is 1.05. The summed E-state index contributed by atoms with van der Waals surface area (Å²) in [5, 5.41) is 0. The standard InChI is InChI=1S/C9H19NO2S/c1-8(2)6-10(4-5-12-3)9(11)7-13/h8,13H,4-7H2,1-3H3. The van der Waals surface area contributed by atoms with E-state index in [2.05, 4.69) is 26.5 Å². The van der Waals surface area contributed by atoms with Gasteiger partial charge in [0.15, 0.2) is 0 Å². The van der Waals surface area contributed by atoms with Crippen LogP contribution in [0.2, 0.25) is 0 Å². The van der Waals surface area contributed by atoms with Crippen molar-refractivity contribution in [3.05, 3.63) is 0 Å². The van der Waals surface area contributed by atoms with Crippen LogP contribution in [0.5, 0.6) is 0 Å². The lowest BCUT2D eigenvalue weighted by Gasteiger charge is -2.23. The molecule has 0 N–H and O–H groups in total. The van der Waals surface area contributed by atoms with E-state index in [0.29, 0.717) is 19.1 Å². The number of ether oxygens (including phenoxy) is 1. The van der Waals surface area contributed by atoms with E-state index in [1.54, 1.807) is 12.0 Å². The average Bonchev–Trinajstić information content (AvgIpc) is 2.10. The molecule has 78 valence electrons. The number of hydrogen-bond donors (Lipinski definition) is 1.